The van der Waals surface area contributed by atoms with Crippen LogP contribution in [0.15, 0.2) is 0 Å². The number of hydrogen-bond acceptors (Lipinski definition) is 2. The van der Waals surface area contributed by atoms with Crippen LogP contribution in [0.3, 0.4) is 0 Å². The van der Waals surface area contributed by atoms with Gasteiger partial charge in [0.05, 0.1) is 6.07 Å². The largest absolute Gasteiger partial charge is 0.313 e. The van der Waals surface area contributed by atoms with Gasteiger partial charge in [-0.3, -0.25) is 0 Å². The molecular formula is C7H10N2. The first kappa shape index (κ1) is 5.25. The van der Waals surface area contributed by atoms with Crippen LogP contribution in [0.4, 0.5) is 0 Å². The van der Waals surface area contributed by atoms with Gasteiger partial charge in [0.25, 0.3) is 0 Å². The molecule has 0 spiro atoms. The van der Waals surface area contributed by atoms with Crippen LogP contribution < -0.4 is 5.73 Å². The normalized spacial score (nSPS) is 54.2. The highest BCUT2D eigenvalue weighted by Gasteiger charge is 2.52. The lowest BCUT2D eigenvalue weighted by molar-refractivity contribution is 0.500. The molecule has 0 bridgehead atoms. The monoisotopic (exact) mass is 122 g/mol. The number of fused-ring (bicyclic) bond motifs is 1. The van der Waals surface area contributed by atoms with Crippen LogP contribution in [0.1, 0.15) is 19.3 Å². The van der Waals surface area contributed by atoms with Crippen molar-refractivity contribution < 1.29 is 0 Å². The first-order valence-corrected chi connectivity index (χ1v) is 3.44. The molecule has 2 nitrogen and oxygen atoms in total. The van der Waals surface area contributed by atoms with Gasteiger partial charge in [0, 0.05) is 0 Å². The van der Waals surface area contributed by atoms with Crippen molar-refractivity contribution in [3.63, 3.8) is 0 Å². The zero-order valence-corrected chi connectivity index (χ0v) is 5.30. The second-order valence-electron chi connectivity index (χ2n) is 3.43. The lowest BCUT2D eigenvalue weighted by Gasteiger charge is -2.14. The van der Waals surface area contributed by atoms with Crippen LogP contribution >= 0.6 is 0 Å². The van der Waals surface area contributed by atoms with Crippen LogP contribution in [0.2, 0.25) is 0 Å². The van der Waals surface area contributed by atoms with Crippen LogP contribution in [0.25, 0.3) is 0 Å². The fraction of sp³-hybridized carbons (Fsp3) is 0.857. The maximum Gasteiger partial charge on any atom is 0.104 e. The molecule has 0 aliphatic heterocycles. The SMILES string of the molecule is N#CC1(N)CC2CC2C1. The number of nitriles is 1. The second kappa shape index (κ2) is 1.30. The molecule has 2 aliphatic rings. The second-order valence-corrected chi connectivity index (χ2v) is 3.43. The third-order valence-electron chi connectivity index (χ3n) is 2.54. The van der Waals surface area contributed by atoms with Crippen LogP contribution in [-0.4, -0.2) is 5.54 Å². The van der Waals surface area contributed by atoms with E-state index in [4.69, 9.17) is 11.0 Å². The minimum atomic E-state index is -0.437. The summed E-state index contributed by atoms with van der Waals surface area (Å²) in [5.74, 6) is 1.63. The third-order valence-corrected chi connectivity index (χ3v) is 2.54. The van der Waals surface area contributed by atoms with Gasteiger partial charge in [-0.05, 0) is 31.1 Å². The number of rotatable bonds is 0. The number of nitrogens with two attached hydrogens (primary N) is 1. The number of nitrogens with zero attached hydrogens (tertiary/aromatic N) is 1. The minimum absolute atomic E-state index is 0.437. The molecule has 0 aromatic carbocycles. The minimum Gasteiger partial charge on any atom is -0.313 e. The zero-order chi connectivity index (χ0) is 6.48. The summed E-state index contributed by atoms with van der Waals surface area (Å²) in [5.41, 5.74) is 5.28. The van der Waals surface area contributed by atoms with Crippen LogP contribution in [-0.2, 0) is 0 Å². The zero-order valence-electron chi connectivity index (χ0n) is 5.30. The van der Waals surface area contributed by atoms with Gasteiger partial charge in [0.2, 0.25) is 0 Å². The van der Waals surface area contributed by atoms with Crippen molar-refractivity contribution in [3.05, 3.63) is 0 Å². The summed E-state index contributed by atoms with van der Waals surface area (Å²) in [6.45, 7) is 0. The third kappa shape index (κ3) is 0.650. The van der Waals surface area contributed by atoms with Gasteiger partial charge in [-0.1, -0.05) is 0 Å². The molecule has 0 aromatic heterocycles. The quantitative estimate of drug-likeness (QED) is 0.512. The van der Waals surface area contributed by atoms with Crippen molar-refractivity contribution in [2.24, 2.45) is 17.6 Å². The molecule has 2 saturated carbocycles. The van der Waals surface area contributed by atoms with Crippen LogP contribution in [0.5, 0.6) is 0 Å². The first-order chi connectivity index (χ1) is 4.23. The van der Waals surface area contributed by atoms with Crippen molar-refractivity contribution in [2.45, 2.75) is 24.8 Å². The summed E-state index contributed by atoms with van der Waals surface area (Å²) in [4.78, 5) is 0. The molecular weight excluding hydrogens is 112 g/mol. The van der Waals surface area contributed by atoms with E-state index in [1.807, 2.05) is 0 Å². The van der Waals surface area contributed by atoms with Gasteiger partial charge >= 0.3 is 0 Å². The van der Waals surface area contributed by atoms with Crippen molar-refractivity contribution >= 4 is 0 Å². The lowest BCUT2D eigenvalue weighted by Crippen LogP contribution is -2.35. The van der Waals surface area contributed by atoms with E-state index in [1.165, 1.54) is 6.42 Å². The summed E-state index contributed by atoms with van der Waals surface area (Å²) in [6, 6.07) is 2.18. The smallest absolute Gasteiger partial charge is 0.104 e. The van der Waals surface area contributed by atoms with Gasteiger partial charge in [-0.25, -0.2) is 0 Å². The van der Waals surface area contributed by atoms with E-state index < -0.39 is 5.54 Å². The Balaban J connectivity index is 2.12. The van der Waals surface area contributed by atoms with Gasteiger partial charge in [0.15, 0.2) is 0 Å². The average molecular weight is 122 g/mol. The Morgan fingerprint density at radius 3 is 2.33 bits per heavy atom. The maximum absolute atomic E-state index is 8.59. The maximum atomic E-state index is 8.59. The molecule has 2 atom stereocenters. The van der Waals surface area contributed by atoms with E-state index >= 15 is 0 Å². The van der Waals surface area contributed by atoms with Gasteiger partial charge in [-0.15, -0.1) is 0 Å². The molecule has 2 aliphatic carbocycles. The molecule has 2 unspecified atom stereocenters. The Hall–Kier alpha value is -0.550. The molecule has 0 aromatic rings. The first-order valence-electron chi connectivity index (χ1n) is 3.44. The average Bonchev–Trinajstić information content (AvgIpc) is 2.42. The molecule has 2 N–H and O–H groups in total. The number of hydrogen-bond donors (Lipinski definition) is 1. The van der Waals surface area contributed by atoms with Gasteiger partial charge in [-0.2, -0.15) is 5.26 Å². The standard InChI is InChI=1S/C7H10N2/c8-4-7(9)2-5-1-6(5)3-7/h5-6H,1-3,9H2. The fourth-order valence-electron chi connectivity index (χ4n) is 1.92. The fourth-order valence-corrected chi connectivity index (χ4v) is 1.92. The highest BCUT2D eigenvalue weighted by atomic mass is 14.8. The van der Waals surface area contributed by atoms with Gasteiger partial charge in [0.1, 0.15) is 5.54 Å². The van der Waals surface area contributed by atoms with Crippen molar-refractivity contribution in [3.8, 4) is 6.07 Å². The van der Waals surface area contributed by atoms with Crippen molar-refractivity contribution in [2.75, 3.05) is 0 Å². The Morgan fingerprint density at radius 1 is 1.44 bits per heavy atom. The molecule has 2 rings (SSSR count). The topological polar surface area (TPSA) is 49.8 Å². The lowest BCUT2D eigenvalue weighted by atomic mass is 9.97. The molecule has 0 heterocycles. The Morgan fingerprint density at radius 2 is 2.00 bits per heavy atom. The highest BCUT2D eigenvalue weighted by molar-refractivity contribution is 5.16. The predicted octanol–water partition coefficient (Wildman–Crippen LogP) is 0.637. The predicted molar refractivity (Wildman–Crippen MR) is 33.4 cm³/mol. The Kier molecular flexibility index (Phi) is 0.758. The van der Waals surface area contributed by atoms with E-state index in [1.54, 1.807) is 0 Å². The highest BCUT2D eigenvalue weighted by Crippen LogP contribution is 2.54. The summed E-state index contributed by atoms with van der Waals surface area (Å²) < 4.78 is 0. The van der Waals surface area contributed by atoms with E-state index in [2.05, 4.69) is 6.07 Å². The molecule has 48 valence electrons. The summed E-state index contributed by atoms with van der Waals surface area (Å²) in [5, 5.41) is 8.59. The van der Waals surface area contributed by atoms with E-state index in [0.717, 1.165) is 24.7 Å². The van der Waals surface area contributed by atoms with Crippen LogP contribution in [0, 0.1) is 23.2 Å². The van der Waals surface area contributed by atoms with E-state index in [9.17, 15) is 0 Å². The van der Waals surface area contributed by atoms with Crippen molar-refractivity contribution in [1.29, 1.82) is 5.26 Å². The molecule has 0 saturated heterocycles. The summed E-state index contributed by atoms with van der Waals surface area (Å²) >= 11 is 0. The molecule has 0 amide bonds. The Labute approximate surface area is 54.6 Å². The van der Waals surface area contributed by atoms with E-state index in [-0.39, 0.29) is 0 Å². The van der Waals surface area contributed by atoms with E-state index in [0.29, 0.717) is 0 Å². The molecule has 2 fully saturated rings. The van der Waals surface area contributed by atoms with Gasteiger partial charge < -0.3 is 5.73 Å². The summed E-state index contributed by atoms with van der Waals surface area (Å²) in [7, 11) is 0. The molecule has 0 radical (unpaired) electrons. The Bertz CT molecular complexity index is 170. The summed E-state index contributed by atoms with van der Waals surface area (Å²) in [6.07, 6.45) is 3.24. The molecule has 9 heavy (non-hydrogen) atoms. The van der Waals surface area contributed by atoms with Crippen molar-refractivity contribution in [1.82, 2.24) is 0 Å². The molecule has 2 heteroatoms.